The van der Waals surface area contributed by atoms with Gasteiger partial charge in [0.1, 0.15) is 17.5 Å². The van der Waals surface area contributed by atoms with Gasteiger partial charge in [-0.3, -0.25) is 9.59 Å². The number of anilines is 1. The van der Waals surface area contributed by atoms with Crippen LogP contribution in [-0.4, -0.2) is 38.6 Å². The highest BCUT2D eigenvalue weighted by atomic mass is 16.5. The molecule has 0 radical (unpaired) electrons. The smallest absolute Gasteiger partial charge is 0.252 e. The van der Waals surface area contributed by atoms with Crippen LogP contribution in [0.5, 0.6) is 11.5 Å². The van der Waals surface area contributed by atoms with Crippen molar-refractivity contribution in [2.45, 2.75) is 25.8 Å². The van der Waals surface area contributed by atoms with E-state index < -0.39 is 6.04 Å². The van der Waals surface area contributed by atoms with Crippen LogP contribution in [0, 0.1) is 6.92 Å². The van der Waals surface area contributed by atoms with E-state index in [9.17, 15) is 9.59 Å². The first-order valence-electron chi connectivity index (χ1n) is 8.95. The molecule has 1 aliphatic rings. The summed E-state index contributed by atoms with van der Waals surface area (Å²) in [5.41, 5.74) is 2.07. The molecule has 142 valence electrons. The standard InChI is InChI=1S/C21H24N2O4/c1-14-18(26-2)12-15(13-19(14)27-3)20(24)22-17-10-7-11-23(21(17)25)16-8-5-4-6-9-16/h4-6,8-9,12-13,17H,7,10-11H2,1-3H3,(H,22,24). The summed E-state index contributed by atoms with van der Waals surface area (Å²) in [6, 6.07) is 12.3. The van der Waals surface area contributed by atoms with Gasteiger partial charge in [0, 0.05) is 23.4 Å². The van der Waals surface area contributed by atoms with Gasteiger partial charge in [-0.15, -0.1) is 0 Å². The number of carbonyl (C=O) groups excluding carboxylic acids is 2. The van der Waals surface area contributed by atoms with Gasteiger partial charge < -0.3 is 19.7 Å². The van der Waals surface area contributed by atoms with Gasteiger partial charge in [-0.1, -0.05) is 18.2 Å². The Morgan fingerprint density at radius 3 is 2.33 bits per heavy atom. The second kappa shape index (κ2) is 8.12. The molecule has 27 heavy (non-hydrogen) atoms. The van der Waals surface area contributed by atoms with Gasteiger partial charge in [0.15, 0.2) is 0 Å². The molecule has 1 fully saturated rings. The minimum atomic E-state index is -0.551. The molecule has 1 heterocycles. The molecule has 6 heteroatoms. The average Bonchev–Trinajstić information content (AvgIpc) is 2.70. The molecule has 1 N–H and O–H groups in total. The number of nitrogens with one attached hydrogen (secondary N) is 1. The molecule has 0 saturated carbocycles. The summed E-state index contributed by atoms with van der Waals surface area (Å²) in [6.07, 6.45) is 1.44. The quantitative estimate of drug-likeness (QED) is 0.881. The number of rotatable bonds is 5. The van der Waals surface area contributed by atoms with Crippen LogP contribution >= 0.6 is 0 Å². The Bertz CT molecular complexity index is 810. The van der Waals surface area contributed by atoms with Crippen LogP contribution in [0.2, 0.25) is 0 Å². The summed E-state index contributed by atoms with van der Waals surface area (Å²) in [4.78, 5) is 27.3. The molecule has 2 aromatic carbocycles. The molecular formula is C21H24N2O4. The number of amides is 2. The van der Waals surface area contributed by atoms with E-state index in [0.717, 1.165) is 17.7 Å². The summed E-state index contributed by atoms with van der Waals surface area (Å²) < 4.78 is 10.7. The molecule has 1 atom stereocenters. The van der Waals surface area contributed by atoms with Crippen LogP contribution in [0.15, 0.2) is 42.5 Å². The summed E-state index contributed by atoms with van der Waals surface area (Å²) in [6.45, 7) is 2.52. The minimum absolute atomic E-state index is 0.0909. The predicted molar refractivity (Wildman–Crippen MR) is 104 cm³/mol. The molecule has 2 amide bonds. The number of methoxy groups -OCH3 is 2. The molecule has 3 rings (SSSR count). The fraction of sp³-hybridized carbons (Fsp3) is 0.333. The van der Waals surface area contributed by atoms with E-state index in [1.165, 1.54) is 0 Å². The van der Waals surface area contributed by atoms with E-state index in [-0.39, 0.29) is 11.8 Å². The molecular weight excluding hydrogens is 344 g/mol. The van der Waals surface area contributed by atoms with Crippen LogP contribution in [-0.2, 0) is 4.79 Å². The minimum Gasteiger partial charge on any atom is -0.496 e. The summed E-state index contributed by atoms with van der Waals surface area (Å²) in [5, 5.41) is 2.87. The highest BCUT2D eigenvalue weighted by Gasteiger charge is 2.31. The molecule has 1 unspecified atom stereocenters. The third-order valence-electron chi connectivity index (χ3n) is 4.83. The predicted octanol–water partition coefficient (Wildman–Crippen LogP) is 2.94. The van der Waals surface area contributed by atoms with E-state index in [1.54, 1.807) is 31.3 Å². The van der Waals surface area contributed by atoms with Crippen LogP contribution in [0.4, 0.5) is 5.69 Å². The molecule has 0 spiro atoms. The lowest BCUT2D eigenvalue weighted by Gasteiger charge is -2.32. The van der Waals surface area contributed by atoms with E-state index in [4.69, 9.17) is 9.47 Å². The Hall–Kier alpha value is -3.02. The van der Waals surface area contributed by atoms with Gasteiger partial charge >= 0.3 is 0 Å². The molecule has 0 aliphatic carbocycles. The van der Waals surface area contributed by atoms with Gasteiger partial charge in [0.05, 0.1) is 14.2 Å². The van der Waals surface area contributed by atoms with E-state index in [0.29, 0.717) is 30.0 Å². The van der Waals surface area contributed by atoms with Gasteiger partial charge in [-0.05, 0) is 44.0 Å². The first kappa shape index (κ1) is 18.8. The Kier molecular flexibility index (Phi) is 5.64. The third kappa shape index (κ3) is 3.89. The number of para-hydroxylation sites is 1. The lowest BCUT2D eigenvalue weighted by molar-refractivity contribution is -0.121. The molecule has 6 nitrogen and oxygen atoms in total. The Morgan fingerprint density at radius 1 is 1.11 bits per heavy atom. The third-order valence-corrected chi connectivity index (χ3v) is 4.83. The fourth-order valence-corrected chi connectivity index (χ4v) is 3.33. The SMILES string of the molecule is COc1cc(C(=O)NC2CCCN(c3ccccc3)C2=O)cc(OC)c1C. The maximum atomic E-state index is 12.9. The van der Waals surface area contributed by atoms with Crippen molar-refractivity contribution in [3.8, 4) is 11.5 Å². The first-order valence-corrected chi connectivity index (χ1v) is 8.95. The molecule has 0 aromatic heterocycles. The second-order valence-electron chi connectivity index (χ2n) is 6.50. The zero-order chi connectivity index (χ0) is 19.4. The van der Waals surface area contributed by atoms with Gasteiger partial charge in [-0.2, -0.15) is 0 Å². The van der Waals surface area contributed by atoms with Crippen molar-refractivity contribution in [2.75, 3.05) is 25.7 Å². The van der Waals surface area contributed by atoms with Crippen molar-refractivity contribution in [1.29, 1.82) is 0 Å². The topological polar surface area (TPSA) is 67.9 Å². The van der Waals surface area contributed by atoms with Crippen molar-refractivity contribution in [1.82, 2.24) is 5.32 Å². The van der Waals surface area contributed by atoms with Gasteiger partial charge in [-0.25, -0.2) is 0 Å². The number of benzene rings is 2. The first-order chi connectivity index (χ1) is 13.0. The second-order valence-corrected chi connectivity index (χ2v) is 6.50. The lowest BCUT2D eigenvalue weighted by atomic mass is 10.0. The zero-order valence-corrected chi connectivity index (χ0v) is 15.8. The Morgan fingerprint density at radius 2 is 1.74 bits per heavy atom. The largest absolute Gasteiger partial charge is 0.496 e. The molecule has 2 aromatic rings. The average molecular weight is 368 g/mol. The molecule has 0 bridgehead atoms. The van der Waals surface area contributed by atoms with Crippen molar-refractivity contribution in [3.63, 3.8) is 0 Å². The van der Waals surface area contributed by atoms with Crippen molar-refractivity contribution in [2.24, 2.45) is 0 Å². The number of hydrogen-bond acceptors (Lipinski definition) is 4. The fourth-order valence-electron chi connectivity index (χ4n) is 3.33. The summed E-state index contributed by atoms with van der Waals surface area (Å²) >= 11 is 0. The van der Waals surface area contributed by atoms with E-state index in [1.807, 2.05) is 37.3 Å². The lowest BCUT2D eigenvalue weighted by Crippen LogP contribution is -2.52. The Balaban J connectivity index is 1.78. The highest BCUT2D eigenvalue weighted by molar-refractivity contribution is 6.03. The van der Waals surface area contributed by atoms with Crippen LogP contribution in [0.3, 0.4) is 0 Å². The normalized spacial score (nSPS) is 16.8. The molecule has 1 saturated heterocycles. The van der Waals surface area contributed by atoms with Crippen LogP contribution in [0.1, 0.15) is 28.8 Å². The highest BCUT2D eigenvalue weighted by Crippen LogP contribution is 2.29. The van der Waals surface area contributed by atoms with Gasteiger partial charge in [0.25, 0.3) is 5.91 Å². The van der Waals surface area contributed by atoms with E-state index in [2.05, 4.69) is 5.32 Å². The number of piperidine rings is 1. The van der Waals surface area contributed by atoms with E-state index >= 15 is 0 Å². The monoisotopic (exact) mass is 368 g/mol. The summed E-state index contributed by atoms with van der Waals surface area (Å²) in [5.74, 6) is 0.729. The number of hydrogen-bond donors (Lipinski definition) is 1. The number of nitrogens with zero attached hydrogens (tertiary/aromatic N) is 1. The zero-order valence-electron chi connectivity index (χ0n) is 15.8. The van der Waals surface area contributed by atoms with Crippen LogP contribution in [0.25, 0.3) is 0 Å². The number of ether oxygens (including phenoxy) is 2. The van der Waals surface area contributed by atoms with Gasteiger partial charge in [0.2, 0.25) is 5.91 Å². The summed E-state index contributed by atoms with van der Waals surface area (Å²) in [7, 11) is 3.09. The molecule has 1 aliphatic heterocycles. The van der Waals surface area contributed by atoms with Crippen molar-refractivity contribution >= 4 is 17.5 Å². The maximum absolute atomic E-state index is 12.9. The van der Waals surface area contributed by atoms with Crippen molar-refractivity contribution < 1.29 is 19.1 Å². The number of carbonyl (C=O) groups is 2. The van der Waals surface area contributed by atoms with Crippen LogP contribution < -0.4 is 19.7 Å². The van der Waals surface area contributed by atoms with Crippen molar-refractivity contribution in [3.05, 3.63) is 53.6 Å². The maximum Gasteiger partial charge on any atom is 0.252 e. The Labute approximate surface area is 159 Å².